The minimum Gasteiger partial charge on any atom is -0.486 e. The lowest BCUT2D eigenvalue weighted by molar-refractivity contribution is -0.385. The number of aryl methyl sites for hydroxylation is 1. The number of esters is 1. The lowest BCUT2D eigenvalue weighted by atomic mass is 9.96. The van der Waals surface area contributed by atoms with Gasteiger partial charge in [0.05, 0.1) is 18.6 Å². The number of methoxy groups -OCH3 is 1. The Morgan fingerprint density at radius 1 is 1.07 bits per heavy atom. The van der Waals surface area contributed by atoms with Crippen LogP contribution in [-0.4, -0.2) is 24.6 Å². The molecule has 6 heteroatoms. The summed E-state index contributed by atoms with van der Waals surface area (Å²) in [6.45, 7) is 4.35. The van der Waals surface area contributed by atoms with Crippen LogP contribution in [-0.2, 0) is 16.0 Å². The zero-order valence-corrected chi connectivity index (χ0v) is 17.4. The van der Waals surface area contributed by atoms with Gasteiger partial charge in [-0.05, 0) is 46.4 Å². The summed E-state index contributed by atoms with van der Waals surface area (Å²) in [5.74, 6) is 0.115. The maximum atomic E-state index is 11.8. The topological polar surface area (TPSA) is 78.7 Å². The fraction of sp³-hybridized carbons (Fsp3) is 0.292. The lowest BCUT2D eigenvalue weighted by Crippen LogP contribution is -2.08. The van der Waals surface area contributed by atoms with Crippen molar-refractivity contribution in [2.24, 2.45) is 5.92 Å². The van der Waals surface area contributed by atoms with Gasteiger partial charge in [0, 0.05) is 18.1 Å². The van der Waals surface area contributed by atoms with Gasteiger partial charge >= 0.3 is 11.7 Å². The summed E-state index contributed by atoms with van der Waals surface area (Å²) in [4.78, 5) is 23.0. The lowest BCUT2D eigenvalue weighted by Gasteiger charge is -2.16. The third kappa shape index (κ3) is 4.95. The van der Waals surface area contributed by atoms with Crippen LogP contribution in [0.2, 0.25) is 0 Å². The first kappa shape index (κ1) is 21.3. The van der Waals surface area contributed by atoms with E-state index in [1.807, 2.05) is 62.4 Å². The maximum absolute atomic E-state index is 11.8. The minimum absolute atomic E-state index is 0.0961. The second kappa shape index (κ2) is 9.39. The molecular formula is C24H25NO5. The highest BCUT2D eigenvalue weighted by Crippen LogP contribution is 2.40. The summed E-state index contributed by atoms with van der Waals surface area (Å²) in [6, 6.07) is 17.2. The molecule has 0 unspecified atom stereocenters. The molecule has 0 radical (unpaired) electrons. The van der Waals surface area contributed by atoms with Crippen LogP contribution in [0.15, 0.2) is 54.6 Å². The third-order valence-corrected chi connectivity index (χ3v) is 4.79. The van der Waals surface area contributed by atoms with Crippen molar-refractivity contribution < 1.29 is 19.2 Å². The summed E-state index contributed by atoms with van der Waals surface area (Å²) in [5, 5.41) is 14.0. The Bertz CT molecular complexity index is 1070. The van der Waals surface area contributed by atoms with Crippen molar-refractivity contribution in [2.45, 2.75) is 26.7 Å². The number of fused-ring (bicyclic) bond motifs is 1. The zero-order valence-electron chi connectivity index (χ0n) is 17.4. The molecule has 0 saturated heterocycles. The molecule has 0 aliphatic rings. The molecule has 0 heterocycles. The first-order chi connectivity index (χ1) is 14.4. The van der Waals surface area contributed by atoms with Crippen LogP contribution >= 0.6 is 0 Å². The van der Waals surface area contributed by atoms with E-state index in [0.29, 0.717) is 24.2 Å². The van der Waals surface area contributed by atoms with Gasteiger partial charge in [-0.15, -0.1) is 0 Å². The maximum Gasteiger partial charge on any atom is 0.311 e. The number of carbonyl (C=O) groups is 1. The van der Waals surface area contributed by atoms with Crippen molar-refractivity contribution in [3.8, 4) is 16.9 Å². The van der Waals surface area contributed by atoms with E-state index < -0.39 is 4.92 Å². The van der Waals surface area contributed by atoms with Gasteiger partial charge in [0.15, 0.2) is 0 Å². The van der Waals surface area contributed by atoms with Crippen LogP contribution in [0.3, 0.4) is 0 Å². The normalized spacial score (nSPS) is 10.9. The largest absolute Gasteiger partial charge is 0.486 e. The number of nitro benzene ring substituents is 1. The molecule has 3 aromatic carbocycles. The van der Waals surface area contributed by atoms with E-state index >= 15 is 0 Å². The smallest absolute Gasteiger partial charge is 0.311 e. The first-order valence-corrected chi connectivity index (χ1v) is 9.89. The Balaban J connectivity index is 2.15. The van der Waals surface area contributed by atoms with Crippen LogP contribution in [0, 0.1) is 16.0 Å². The number of nitrogens with zero attached hydrogens (tertiary/aromatic N) is 1. The van der Waals surface area contributed by atoms with Crippen LogP contribution in [0.5, 0.6) is 5.75 Å². The molecule has 0 saturated carbocycles. The van der Waals surface area contributed by atoms with Gasteiger partial charge in [-0.3, -0.25) is 14.9 Å². The summed E-state index contributed by atoms with van der Waals surface area (Å²) < 4.78 is 10.6. The molecule has 0 aliphatic heterocycles. The van der Waals surface area contributed by atoms with Gasteiger partial charge in [-0.25, -0.2) is 0 Å². The summed E-state index contributed by atoms with van der Waals surface area (Å²) in [6.07, 6.45) is 0.496. The molecule has 0 amide bonds. The molecule has 0 fully saturated rings. The fourth-order valence-corrected chi connectivity index (χ4v) is 3.27. The van der Waals surface area contributed by atoms with Gasteiger partial charge in [0.25, 0.3) is 0 Å². The van der Waals surface area contributed by atoms with Gasteiger partial charge in [-0.1, -0.05) is 50.2 Å². The van der Waals surface area contributed by atoms with Crippen molar-refractivity contribution in [3.63, 3.8) is 0 Å². The van der Waals surface area contributed by atoms with Gasteiger partial charge in [-0.2, -0.15) is 0 Å². The van der Waals surface area contributed by atoms with Crippen LogP contribution < -0.4 is 4.74 Å². The summed E-state index contributed by atoms with van der Waals surface area (Å²) in [5.41, 5.74) is 2.07. The van der Waals surface area contributed by atoms with Crippen LogP contribution in [0.4, 0.5) is 5.69 Å². The number of hydrogen-bond donors (Lipinski definition) is 0. The highest BCUT2D eigenvalue weighted by Gasteiger charge is 2.23. The van der Waals surface area contributed by atoms with Gasteiger partial charge < -0.3 is 9.47 Å². The predicted molar refractivity (Wildman–Crippen MR) is 117 cm³/mol. The quantitative estimate of drug-likeness (QED) is 0.278. The van der Waals surface area contributed by atoms with Crippen LogP contribution in [0.1, 0.15) is 25.8 Å². The summed E-state index contributed by atoms with van der Waals surface area (Å²) in [7, 11) is 1.33. The highest BCUT2D eigenvalue weighted by molar-refractivity contribution is 5.89. The van der Waals surface area contributed by atoms with Gasteiger partial charge in [0.2, 0.25) is 5.75 Å². The Labute approximate surface area is 175 Å². The molecule has 3 rings (SSSR count). The van der Waals surface area contributed by atoms with E-state index in [4.69, 9.17) is 9.47 Å². The second-order valence-corrected chi connectivity index (χ2v) is 7.59. The summed E-state index contributed by atoms with van der Waals surface area (Å²) >= 11 is 0. The fourth-order valence-electron chi connectivity index (χ4n) is 3.27. The van der Waals surface area contributed by atoms with Crippen molar-refractivity contribution in [3.05, 3.63) is 70.3 Å². The minimum atomic E-state index is -0.429. The molecule has 3 aromatic rings. The van der Waals surface area contributed by atoms with E-state index in [9.17, 15) is 14.9 Å². The molecule has 0 bridgehead atoms. The highest BCUT2D eigenvalue weighted by atomic mass is 16.6. The molecule has 0 N–H and O–H groups in total. The molecule has 0 spiro atoms. The number of benzene rings is 3. The average molecular weight is 407 g/mol. The number of ether oxygens (including phenoxy) is 2. The zero-order chi connectivity index (χ0) is 21.7. The molecule has 0 aliphatic carbocycles. The standard InChI is InChI=1S/C24H25NO5/c1-16(2)15-30-24-21(20-10-9-18-6-4-5-7-19(18)14-20)12-17(8-11-23(26)29-3)13-22(24)25(27)28/h4-7,9-10,12-14,16H,8,11,15H2,1-3H3. The van der Waals surface area contributed by atoms with E-state index in [0.717, 1.165) is 16.3 Å². The van der Waals surface area contributed by atoms with Crippen molar-refractivity contribution >= 4 is 22.4 Å². The van der Waals surface area contributed by atoms with Crippen molar-refractivity contribution in [2.75, 3.05) is 13.7 Å². The molecule has 156 valence electrons. The monoisotopic (exact) mass is 407 g/mol. The number of rotatable bonds is 8. The second-order valence-electron chi connectivity index (χ2n) is 7.59. The SMILES string of the molecule is COC(=O)CCc1cc(-c2ccc3ccccc3c2)c(OCC(C)C)c([N+](=O)[O-])c1. The number of carbonyl (C=O) groups excluding carboxylic acids is 1. The number of hydrogen-bond acceptors (Lipinski definition) is 5. The molecule has 0 aromatic heterocycles. The van der Waals surface area contributed by atoms with E-state index in [2.05, 4.69) is 0 Å². The molecular weight excluding hydrogens is 382 g/mol. The Morgan fingerprint density at radius 3 is 2.47 bits per heavy atom. The van der Waals surface area contributed by atoms with Gasteiger partial charge in [0.1, 0.15) is 0 Å². The average Bonchev–Trinajstić information content (AvgIpc) is 2.75. The number of nitro groups is 1. The van der Waals surface area contributed by atoms with E-state index in [-0.39, 0.29) is 29.7 Å². The van der Waals surface area contributed by atoms with E-state index in [1.165, 1.54) is 13.2 Å². The Hall–Kier alpha value is -3.41. The molecule has 0 atom stereocenters. The van der Waals surface area contributed by atoms with Crippen LogP contribution in [0.25, 0.3) is 21.9 Å². The predicted octanol–water partition coefficient (Wildman–Crippen LogP) is 5.56. The van der Waals surface area contributed by atoms with Crippen molar-refractivity contribution in [1.29, 1.82) is 0 Å². The van der Waals surface area contributed by atoms with E-state index in [1.54, 1.807) is 0 Å². The first-order valence-electron chi connectivity index (χ1n) is 9.89. The molecule has 6 nitrogen and oxygen atoms in total. The Morgan fingerprint density at radius 2 is 1.80 bits per heavy atom. The Kier molecular flexibility index (Phi) is 6.67. The van der Waals surface area contributed by atoms with Crippen molar-refractivity contribution in [1.82, 2.24) is 0 Å². The molecule has 30 heavy (non-hydrogen) atoms. The third-order valence-electron chi connectivity index (χ3n) is 4.79.